The fraction of sp³-hybridized carbons (Fsp3) is 0.320. The number of ether oxygens (including phenoxy) is 1. The average molecular weight is 509 g/mol. The Kier molecular flexibility index (Phi) is 7.70. The van der Waals surface area contributed by atoms with Crippen LogP contribution in [0.5, 0.6) is 0 Å². The lowest BCUT2D eigenvalue weighted by Crippen LogP contribution is -2.30. The fourth-order valence-electron chi connectivity index (χ4n) is 3.19. The van der Waals surface area contributed by atoms with Crippen LogP contribution in [0.25, 0.3) is 11.6 Å². The van der Waals surface area contributed by atoms with Gasteiger partial charge in [0.1, 0.15) is 11.3 Å². The average Bonchev–Trinajstić information content (AvgIpc) is 3.31. The maximum atomic E-state index is 12.4. The van der Waals surface area contributed by atoms with Gasteiger partial charge in [-0.05, 0) is 58.9 Å². The molecule has 1 amide bonds. The van der Waals surface area contributed by atoms with Gasteiger partial charge in [-0.2, -0.15) is 10.2 Å². The second-order valence-corrected chi connectivity index (χ2v) is 9.40. The van der Waals surface area contributed by atoms with Crippen LogP contribution in [0.15, 0.2) is 58.4 Å². The number of rotatable bonds is 3. The molecular formula is C25H32N8O4. The molecule has 4 heterocycles. The minimum atomic E-state index is -0.667. The van der Waals surface area contributed by atoms with Gasteiger partial charge in [0.2, 0.25) is 0 Å². The Labute approximate surface area is 213 Å². The molecule has 4 aromatic heterocycles. The van der Waals surface area contributed by atoms with Crippen LogP contribution in [0.4, 0.5) is 16.2 Å². The third kappa shape index (κ3) is 6.54. The molecule has 12 heteroatoms. The van der Waals surface area contributed by atoms with Gasteiger partial charge in [-0.3, -0.25) is 33.4 Å². The first kappa shape index (κ1) is 27.0. The van der Waals surface area contributed by atoms with Gasteiger partial charge in [0.05, 0.1) is 5.69 Å². The molecule has 3 N–H and O–H groups in total. The third-order valence-electron chi connectivity index (χ3n) is 5.25. The topological polar surface area (TPSA) is 144 Å². The number of carbonyl (C=O) groups is 1. The molecule has 4 aromatic rings. The van der Waals surface area contributed by atoms with E-state index in [9.17, 15) is 14.4 Å². The summed E-state index contributed by atoms with van der Waals surface area (Å²) < 4.78 is 11.3. The van der Waals surface area contributed by atoms with Crippen molar-refractivity contribution in [2.75, 3.05) is 11.1 Å². The Morgan fingerprint density at radius 1 is 0.892 bits per heavy atom. The number of hydrogen-bond acceptors (Lipinski definition) is 7. The zero-order valence-electron chi connectivity index (χ0n) is 22.0. The second kappa shape index (κ2) is 10.6. The van der Waals surface area contributed by atoms with Crippen LogP contribution in [0.3, 0.4) is 0 Å². The van der Waals surface area contributed by atoms with Gasteiger partial charge in [0, 0.05) is 50.0 Å². The zero-order valence-corrected chi connectivity index (χ0v) is 22.0. The number of aromatic nitrogens is 6. The van der Waals surface area contributed by atoms with Gasteiger partial charge in [-0.25, -0.2) is 4.79 Å². The minimum absolute atomic E-state index is 0.139. The lowest BCUT2D eigenvalue weighted by molar-refractivity contribution is 0.0635. The molecule has 0 aliphatic carbocycles. The van der Waals surface area contributed by atoms with Gasteiger partial charge in [0.25, 0.3) is 11.1 Å². The van der Waals surface area contributed by atoms with Crippen LogP contribution >= 0.6 is 0 Å². The molecule has 0 saturated heterocycles. The lowest BCUT2D eigenvalue weighted by Gasteiger charge is -2.19. The number of nitrogen functional groups attached to an aromatic ring is 1. The predicted molar refractivity (Wildman–Crippen MR) is 141 cm³/mol. The van der Waals surface area contributed by atoms with Crippen molar-refractivity contribution in [1.82, 2.24) is 28.7 Å². The van der Waals surface area contributed by atoms with Gasteiger partial charge in [0.15, 0.2) is 11.6 Å². The SMILES string of the molecule is Cc1cc(-n2cccc(N)c2=O)nn1C.Cc1cc(-n2cccc(NC(=O)OC(C)(C)C)c2=O)nn1C. The molecular weight excluding hydrogens is 476 g/mol. The summed E-state index contributed by atoms with van der Waals surface area (Å²) >= 11 is 0. The van der Waals surface area contributed by atoms with Crippen molar-refractivity contribution in [2.24, 2.45) is 14.1 Å². The van der Waals surface area contributed by atoms with Crippen LogP contribution in [0.2, 0.25) is 0 Å². The largest absolute Gasteiger partial charge is 0.444 e. The van der Waals surface area contributed by atoms with Crippen molar-refractivity contribution in [3.63, 3.8) is 0 Å². The van der Waals surface area contributed by atoms with Crippen molar-refractivity contribution in [1.29, 1.82) is 0 Å². The zero-order chi connectivity index (χ0) is 27.5. The Morgan fingerprint density at radius 2 is 1.38 bits per heavy atom. The number of nitrogens with two attached hydrogens (primary N) is 1. The summed E-state index contributed by atoms with van der Waals surface area (Å²) in [5.41, 5.74) is 6.57. The number of carbonyl (C=O) groups excluding carboxylic acids is 1. The number of nitrogens with zero attached hydrogens (tertiary/aromatic N) is 6. The smallest absolute Gasteiger partial charge is 0.412 e. The van der Waals surface area contributed by atoms with Gasteiger partial charge in [-0.1, -0.05) is 0 Å². The summed E-state index contributed by atoms with van der Waals surface area (Å²) in [5, 5.41) is 10.9. The highest BCUT2D eigenvalue weighted by Crippen LogP contribution is 2.11. The maximum absolute atomic E-state index is 12.4. The molecule has 0 aliphatic rings. The number of aryl methyl sites for hydroxylation is 4. The molecule has 0 bridgehead atoms. The van der Waals surface area contributed by atoms with Crippen molar-refractivity contribution in [2.45, 2.75) is 40.2 Å². The van der Waals surface area contributed by atoms with E-state index in [0.717, 1.165) is 11.4 Å². The van der Waals surface area contributed by atoms with Crippen molar-refractivity contribution < 1.29 is 9.53 Å². The van der Waals surface area contributed by atoms with E-state index in [1.165, 1.54) is 15.2 Å². The van der Waals surface area contributed by atoms with Gasteiger partial charge >= 0.3 is 6.09 Å². The third-order valence-corrected chi connectivity index (χ3v) is 5.25. The van der Waals surface area contributed by atoms with Crippen molar-refractivity contribution in [3.05, 3.63) is 80.9 Å². The quantitative estimate of drug-likeness (QED) is 0.433. The summed E-state index contributed by atoms with van der Waals surface area (Å²) in [6.45, 7) is 9.09. The molecule has 196 valence electrons. The molecule has 0 radical (unpaired) electrons. The van der Waals surface area contributed by atoms with Crippen molar-refractivity contribution in [3.8, 4) is 11.6 Å². The molecule has 0 fully saturated rings. The first-order chi connectivity index (χ1) is 17.3. The summed E-state index contributed by atoms with van der Waals surface area (Å²) in [6, 6.07) is 10.1. The van der Waals surface area contributed by atoms with Crippen LogP contribution in [-0.2, 0) is 18.8 Å². The summed E-state index contributed by atoms with van der Waals surface area (Å²) in [7, 11) is 3.63. The molecule has 0 aliphatic heterocycles. The monoisotopic (exact) mass is 508 g/mol. The second-order valence-electron chi connectivity index (χ2n) is 9.40. The minimum Gasteiger partial charge on any atom is -0.444 e. The standard InChI is InChI=1S/C15H20N4O3.C10H12N4O/c1-10-9-12(17-18(10)5)19-8-6-7-11(13(19)20)16-14(21)22-15(2,3)4;1-7-6-9(12-13(7)2)14-5-3-4-8(11)10(14)15/h6-9H,1-5H3,(H,16,21);3-6H,11H2,1-2H3. The van der Waals surface area contributed by atoms with Crippen LogP contribution in [0, 0.1) is 13.8 Å². The normalized spacial score (nSPS) is 11.0. The first-order valence-electron chi connectivity index (χ1n) is 11.5. The van der Waals surface area contributed by atoms with E-state index < -0.39 is 11.7 Å². The fourth-order valence-corrected chi connectivity index (χ4v) is 3.19. The summed E-state index contributed by atoms with van der Waals surface area (Å²) in [5.74, 6) is 1.09. The Hall–Kier alpha value is -4.61. The van der Waals surface area contributed by atoms with E-state index >= 15 is 0 Å². The van der Waals surface area contributed by atoms with E-state index in [4.69, 9.17) is 10.5 Å². The molecule has 37 heavy (non-hydrogen) atoms. The van der Waals surface area contributed by atoms with E-state index in [0.29, 0.717) is 11.6 Å². The molecule has 0 saturated carbocycles. The van der Waals surface area contributed by atoms with Gasteiger partial charge in [-0.15, -0.1) is 0 Å². The highest BCUT2D eigenvalue weighted by atomic mass is 16.6. The first-order valence-corrected chi connectivity index (χ1v) is 11.5. The van der Waals surface area contributed by atoms with E-state index in [-0.39, 0.29) is 22.5 Å². The Balaban J connectivity index is 0.000000220. The number of hydrogen-bond donors (Lipinski definition) is 2. The number of nitrogens with one attached hydrogen (secondary N) is 1. The van der Waals surface area contributed by atoms with E-state index in [2.05, 4.69) is 15.5 Å². The predicted octanol–water partition coefficient (Wildman–Crippen LogP) is 2.69. The Bertz CT molecular complexity index is 1500. The number of amides is 1. The summed E-state index contributed by atoms with van der Waals surface area (Å²) in [6.07, 6.45) is 2.59. The van der Waals surface area contributed by atoms with Crippen LogP contribution in [-0.4, -0.2) is 40.4 Å². The molecule has 0 atom stereocenters. The maximum Gasteiger partial charge on any atom is 0.412 e. The van der Waals surface area contributed by atoms with Crippen LogP contribution in [0.1, 0.15) is 32.2 Å². The highest BCUT2D eigenvalue weighted by Gasteiger charge is 2.18. The van der Waals surface area contributed by atoms with E-state index in [1.54, 1.807) is 73.8 Å². The molecule has 0 unspecified atom stereocenters. The molecule has 12 nitrogen and oxygen atoms in total. The molecule has 4 rings (SSSR count). The Morgan fingerprint density at radius 3 is 1.84 bits per heavy atom. The van der Waals surface area contributed by atoms with Gasteiger partial charge < -0.3 is 10.5 Å². The van der Waals surface area contributed by atoms with Crippen LogP contribution < -0.4 is 22.2 Å². The number of pyridine rings is 2. The number of anilines is 2. The lowest BCUT2D eigenvalue weighted by atomic mass is 10.2. The van der Waals surface area contributed by atoms with Crippen molar-refractivity contribution >= 4 is 17.5 Å². The van der Waals surface area contributed by atoms with E-state index in [1.807, 2.05) is 27.0 Å². The summed E-state index contributed by atoms with van der Waals surface area (Å²) in [4.78, 5) is 35.9. The highest BCUT2D eigenvalue weighted by molar-refractivity contribution is 5.84. The molecule has 0 spiro atoms. The molecule has 0 aromatic carbocycles.